The van der Waals surface area contributed by atoms with E-state index >= 15 is 0 Å². The third kappa shape index (κ3) is 4.17. The van der Waals surface area contributed by atoms with Gasteiger partial charge in [0.15, 0.2) is 5.82 Å². The van der Waals surface area contributed by atoms with Gasteiger partial charge in [-0.1, -0.05) is 12.1 Å². The van der Waals surface area contributed by atoms with E-state index in [1.165, 1.54) is 43.6 Å². The maximum Gasteiger partial charge on any atom is 0.229 e. The molecule has 1 saturated heterocycles. The summed E-state index contributed by atoms with van der Waals surface area (Å²) in [6, 6.07) is 0.689. The molecule has 0 amide bonds. The van der Waals surface area contributed by atoms with Gasteiger partial charge in [-0.15, -0.1) is 11.8 Å². The SMILES string of the molecule is CCCNC1CCC(c2nc(C3CSCCS3)no2)CC1. The predicted molar refractivity (Wildman–Crippen MR) is 90.1 cm³/mol. The van der Waals surface area contributed by atoms with Gasteiger partial charge in [-0.2, -0.15) is 16.7 Å². The molecular formula is C15H25N3OS2. The zero-order valence-corrected chi connectivity index (χ0v) is 14.3. The molecule has 0 spiro atoms. The van der Waals surface area contributed by atoms with E-state index in [1.54, 1.807) is 0 Å². The zero-order chi connectivity index (χ0) is 14.5. The van der Waals surface area contributed by atoms with Gasteiger partial charge in [0.25, 0.3) is 0 Å². The minimum atomic E-state index is 0.434. The molecule has 2 heterocycles. The Morgan fingerprint density at radius 3 is 2.81 bits per heavy atom. The van der Waals surface area contributed by atoms with Crippen molar-refractivity contribution in [2.45, 2.75) is 56.2 Å². The quantitative estimate of drug-likeness (QED) is 0.891. The summed E-state index contributed by atoms with van der Waals surface area (Å²) in [5.74, 6) is 5.86. The second-order valence-electron chi connectivity index (χ2n) is 5.93. The van der Waals surface area contributed by atoms with Crippen LogP contribution >= 0.6 is 23.5 Å². The molecule has 4 nitrogen and oxygen atoms in total. The Labute approximate surface area is 135 Å². The van der Waals surface area contributed by atoms with Crippen molar-refractivity contribution in [1.82, 2.24) is 15.5 Å². The van der Waals surface area contributed by atoms with Crippen molar-refractivity contribution in [3.63, 3.8) is 0 Å². The van der Waals surface area contributed by atoms with Gasteiger partial charge in [0.1, 0.15) is 0 Å². The molecule has 1 aliphatic heterocycles. The number of thioether (sulfide) groups is 2. The van der Waals surface area contributed by atoms with Crippen LogP contribution in [0.5, 0.6) is 0 Å². The highest BCUT2D eigenvalue weighted by Crippen LogP contribution is 2.37. The Hall–Kier alpha value is -0.200. The Morgan fingerprint density at radius 2 is 2.10 bits per heavy atom. The highest BCUT2D eigenvalue weighted by Gasteiger charge is 2.28. The number of nitrogens with one attached hydrogen (secondary N) is 1. The average Bonchev–Trinajstić information content (AvgIpc) is 3.04. The summed E-state index contributed by atoms with van der Waals surface area (Å²) in [6.45, 7) is 3.36. The molecule has 3 rings (SSSR count). The van der Waals surface area contributed by atoms with Crippen molar-refractivity contribution in [1.29, 1.82) is 0 Å². The summed E-state index contributed by atoms with van der Waals surface area (Å²) in [7, 11) is 0. The van der Waals surface area contributed by atoms with Crippen molar-refractivity contribution in [3.05, 3.63) is 11.7 Å². The van der Waals surface area contributed by atoms with E-state index in [-0.39, 0.29) is 0 Å². The number of rotatable bonds is 5. The van der Waals surface area contributed by atoms with E-state index in [1.807, 2.05) is 23.5 Å². The van der Waals surface area contributed by atoms with Gasteiger partial charge in [0, 0.05) is 29.2 Å². The first-order valence-corrected chi connectivity index (χ1v) is 10.3. The monoisotopic (exact) mass is 327 g/mol. The van der Waals surface area contributed by atoms with E-state index in [0.29, 0.717) is 17.2 Å². The van der Waals surface area contributed by atoms with Crippen LogP contribution in [-0.4, -0.2) is 40.0 Å². The van der Waals surface area contributed by atoms with Gasteiger partial charge in [-0.3, -0.25) is 0 Å². The molecule has 0 bridgehead atoms. The van der Waals surface area contributed by atoms with E-state index in [9.17, 15) is 0 Å². The standard InChI is InChI=1S/C15H25N3OS2/c1-2-7-16-12-5-3-11(4-6-12)15-17-14(18-19-15)13-10-20-8-9-21-13/h11-13,16H,2-10H2,1H3. The summed E-state index contributed by atoms with van der Waals surface area (Å²) >= 11 is 3.97. The van der Waals surface area contributed by atoms with Crippen LogP contribution in [0.25, 0.3) is 0 Å². The van der Waals surface area contributed by atoms with Gasteiger partial charge in [0.05, 0.1) is 5.25 Å². The molecule has 1 saturated carbocycles. The van der Waals surface area contributed by atoms with Gasteiger partial charge in [0.2, 0.25) is 5.89 Å². The molecule has 1 aliphatic carbocycles. The van der Waals surface area contributed by atoms with Crippen molar-refractivity contribution < 1.29 is 4.52 Å². The molecule has 0 aromatic carbocycles. The second-order valence-corrected chi connectivity index (χ2v) is 8.39. The second kappa shape index (κ2) is 7.88. The zero-order valence-electron chi connectivity index (χ0n) is 12.7. The fourth-order valence-corrected chi connectivity index (χ4v) is 5.66. The number of hydrogen-bond acceptors (Lipinski definition) is 6. The number of hydrogen-bond donors (Lipinski definition) is 1. The molecule has 1 unspecified atom stereocenters. The van der Waals surface area contributed by atoms with Crippen LogP contribution in [0, 0.1) is 0 Å². The summed E-state index contributed by atoms with van der Waals surface area (Å²) in [4.78, 5) is 4.71. The first-order valence-electron chi connectivity index (χ1n) is 8.13. The number of nitrogens with zero attached hydrogens (tertiary/aromatic N) is 2. The lowest BCUT2D eigenvalue weighted by molar-refractivity contribution is 0.282. The first-order chi connectivity index (χ1) is 10.4. The molecule has 1 atom stereocenters. The number of aromatic nitrogens is 2. The summed E-state index contributed by atoms with van der Waals surface area (Å²) in [5.41, 5.74) is 0. The van der Waals surface area contributed by atoms with Crippen LogP contribution in [0.2, 0.25) is 0 Å². The third-order valence-electron chi connectivity index (χ3n) is 4.32. The van der Waals surface area contributed by atoms with E-state index in [4.69, 9.17) is 9.51 Å². The maximum absolute atomic E-state index is 5.57. The Kier molecular flexibility index (Phi) is 5.89. The predicted octanol–water partition coefficient (Wildman–Crippen LogP) is 3.62. The Balaban J connectivity index is 1.52. The van der Waals surface area contributed by atoms with Crippen LogP contribution in [-0.2, 0) is 0 Å². The summed E-state index contributed by atoms with van der Waals surface area (Å²) in [5, 5.41) is 8.31. The lowest BCUT2D eigenvalue weighted by atomic mass is 9.86. The van der Waals surface area contributed by atoms with Crippen molar-refractivity contribution >= 4 is 23.5 Å². The maximum atomic E-state index is 5.57. The van der Waals surface area contributed by atoms with Crippen LogP contribution in [0.15, 0.2) is 4.52 Å². The van der Waals surface area contributed by atoms with Gasteiger partial charge in [-0.05, 0) is 38.6 Å². The minimum absolute atomic E-state index is 0.434. The highest BCUT2D eigenvalue weighted by molar-refractivity contribution is 8.06. The molecule has 1 aromatic heterocycles. The van der Waals surface area contributed by atoms with Crippen LogP contribution in [0.1, 0.15) is 61.9 Å². The highest BCUT2D eigenvalue weighted by atomic mass is 32.2. The molecule has 2 fully saturated rings. The smallest absolute Gasteiger partial charge is 0.229 e. The Bertz CT molecular complexity index is 426. The van der Waals surface area contributed by atoms with Crippen LogP contribution < -0.4 is 5.32 Å². The van der Waals surface area contributed by atoms with Crippen molar-refractivity contribution in [2.75, 3.05) is 23.8 Å². The minimum Gasteiger partial charge on any atom is -0.339 e. The lowest BCUT2D eigenvalue weighted by Gasteiger charge is -2.27. The fraction of sp³-hybridized carbons (Fsp3) is 0.867. The van der Waals surface area contributed by atoms with Crippen LogP contribution in [0.3, 0.4) is 0 Å². The summed E-state index contributed by atoms with van der Waals surface area (Å²) in [6.07, 6.45) is 6.03. The largest absolute Gasteiger partial charge is 0.339 e. The van der Waals surface area contributed by atoms with Gasteiger partial charge >= 0.3 is 0 Å². The van der Waals surface area contributed by atoms with Gasteiger partial charge in [-0.25, -0.2) is 0 Å². The van der Waals surface area contributed by atoms with Crippen molar-refractivity contribution in [3.8, 4) is 0 Å². The molecule has 1 aromatic rings. The molecule has 6 heteroatoms. The molecule has 0 radical (unpaired) electrons. The third-order valence-corrected chi connectivity index (χ3v) is 7.07. The summed E-state index contributed by atoms with van der Waals surface area (Å²) < 4.78 is 5.57. The first kappa shape index (κ1) is 15.7. The average molecular weight is 328 g/mol. The van der Waals surface area contributed by atoms with E-state index in [0.717, 1.165) is 24.0 Å². The fourth-order valence-electron chi connectivity index (χ4n) is 3.07. The Morgan fingerprint density at radius 1 is 1.24 bits per heavy atom. The lowest BCUT2D eigenvalue weighted by Crippen LogP contribution is -2.33. The molecule has 21 heavy (non-hydrogen) atoms. The van der Waals surface area contributed by atoms with Gasteiger partial charge < -0.3 is 9.84 Å². The molecule has 118 valence electrons. The topological polar surface area (TPSA) is 51.0 Å². The van der Waals surface area contributed by atoms with E-state index < -0.39 is 0 Å². The molecule has 1 N–H and O–H groups in total. The van der Waals surface area contributed by atoms with Crippen molar-refractivity contribution in [2.24, 2.45) is 0 Å². The molecule has 2 aliphatic rings. The van der Waals surface area contributed by atoms with Crippen LogP contribution in [0.4, 0.5) is 0 Å². The van der Waals surface area contributed by atoms with E-state index in [2.05, 4.69) is 17.4 Å². The molecular weight excluding hydrogens is 302 g/mol. The normalized spacial score (nSPS) is 30.4.